The SMILES string of the molecule is Cc1ccc(NC(=O)CC(=O)NN=Cc2cc(Cl)ccc2OCc2cccc(Cl)c2)c(C)c1. The molecule has 0 saturated heterocycles. The standard InChI is InChI=1S/C25H23Cl2N3O3/c1-16-6-8-22(17(2)10-16)29-24(31)13-25(32)30-28-14-19-12-21(27)7-9-23(19)33-15-18-4-3-5-20(26)11-18/h3-12,14H,13,15H2,1-2H3,(H,29,31)(H,30,32). The molecule has 3 aromatic rings. The molecule has 6 nitrogen and oxygen atoms in total. The maximum absolute atomic E-state index is 12.2. The fraction of sp³-hybridized carbons (Fsp3) is 0.160. The molecule has 3 aromatic carbocycles. The number of carbonyl (C=O) groups is 2. The summed E-state index contributed by atoms with van der Waals surface area (Å²) >= 11 is 12.1. The van der Waals surface area contributed by atoms with Crippen molar-refractivity contribution >= 4 is 46.9 Å². The van der Waals surface area contributed by atoms with Crippen LogP contribution in [0.4, 0.5) is 5.69 Å². The normalized spacial score (nSPS) is 10.8. The number of hydrogen-bond donors (Lipinski definition) is 2. The zero-order chi connectivity index (χ0) is 23.8. The Bertz CT molecular complexity index is 1200. The second-order valence-electron chi connectivity index (χ2n) is 7.44. The monoisotopic (exact) mass is 483 g/mol. The van der Waals surface area contributed by atoms with Crippen molar-refractivity contribution < 1.29 is 14.3 Å². The van der Waals surface area contributed by atoms with Crippen LogP contribution in [0, 0.1) is 13.8 Å². The number of ether oxygens (including phenoxy) is 1. The Morgan fingerprint density at radius 2 is 1.76 bits per heavy atom. The van der Waals surface area contributed by atoms with E-state index in [4.69, 9.17) is 27.9 Å². The first-order chi connectivity index (χ1) is 15.8. The lowest BCUT2D eigenvalue weighted by atomic mass is 10.1. The van der Waals surface area contributed by atoms with Gasteiger partial charge in [-0.2, -0.15) is 5.10 Å². The van der Waals surface area contributed by atoms with E-state index in [0.717, 1.165) is 16.7 Å². The smallest absolute Gasteiger partial charge is 0.249 e. The number of hydrogen-bond acceptors (Lipinski definition) is 4. The van der Waals surface area contributed by atoms with E-state index in [0.29, 0.717) is 33.7 Å². The van der Waals surface area contributed by atoms with E-state index in [-0.39, 0.29) is 6.42 Å². The van der Waals surface area contributed by atoms with Gasteiger partial charge in [-0.3, -0.25) is 9.59 Å². The van der Waals surface area contributed by atoms with Gasteiger partial charge in [-0.15, -0.1) is 0 Å². The van der Waals surface area contributed by atoms with Crippen LogP contribution < -0.4 is 15.5 Å². The van der Waals surface area contributed by atoms with Crippen molar-refractivity contribution in [1.29, 1.82) is 0 Å². The highest BCUT2D eigenvalue weighted by Gasteiger charge is 2.11. The molecule has 0 saturated carbocycles. The molecule has 33 heavy (non-hydrogen) atoms. The molecule has 0 unspecified atom stereocenters. The van der Waals surface area contributed by atoms with Gasteiger partial charge in [-0.1, -0.05) is 53.0 Å². The van der Waals surface area contributed by atoms with Crippen LogP contribution in [0.2, 0.25) is 10.0 Å². The van der Waals surface area contributed by atoms with Crippen LogP contribution in [-0.2, 0) is 16.2 Å². The molecule has 0 aliphatic heterocycles. The second kappa shape index (κ2) is 11.5. The van der Waals surface area contributed by atoms with Crippen molar-refractivity contribution in [2.75, 3.05) is 5.32 Å². The largest absolute Gasteiger partial charge is 0.488 e. The fourth-order valence-corrected chi connectivity index (χ4v) is 3.44. The van der Waals surface area contributed by atoms with Crippen molar-refractivity contribution in [2.24, 2.45) is 5.10 Å². The van der Waals surface area contributed by atoms with Gasteiger partial charge in [-0.25, -0.2) is 5.43 Å². The average Bonchev–Trinajstić information content (AvgIpc) is 2.75. The van der Waals surface area contributed by atoms with Gasteiger partial charge in [-0.05, 0) is 61.4 Å². The number of aryl methyl sites for hydroxylation is 2. The molecule has 0 aliphatic carbocycles. The molecule has 2 N–H and O–H groups in total. The van der Waals surface area contributed by atoms with Crippen LogP contribution in [0.1, 0.15) is 28.7 Å². The van der Waals surface area contributed by atoms with Crippen LogP contribution in [-0.4, -0.2) is 18.0 Å². The quantitative estimate of drug-likeness (QED) is 0.246. The van der Waals surface area contributed by atoms with Crippen molar-refractivity contribution in [1.82, 2.24) is 5.43 Å². The lowest BCUT2D eigenvalue weighted by Crippen LogP contribution is -2.24. The zero-order valence-electron chi connectivity index (χ0n) is 18.2. The van der Waals surface area contributed by atoms with E-state index in [1.165, 1.54) is 6.21 Å². The summed E-state index contributed by atoms with van der Waals surface area (Å²) in [5, 5.41) is 7.78. The molecule has 0 radical (unpaired) electrons. The average molecular weight is 484 g/mol. The Labute approximate surface area is 202 Å². The van der Waals surface area contributed by atoms with Crippen molar-refractivity contribution in [2.45, 2.75) is 26.9 Å². The van der Waals surface area contributed by atoms with Gasteiger partial charge in [0, 0.05) is 21.3 Å². The Kier molecular flexibility index (Phi) is 8.46. The lowest BCUT2D eigenvalue weighted by molar-refractivity contribution is -0.126. The molecule has 0 bridgehead atoms. The minimum Gasteiger partial charge on any atom is -0.488 e. The van der Waals surface area contributed by atoms with E-state index in [2.05, 4.69) is 15.8 Å². The summed E-state index contributed by atoms with van der Waals surface area (Å²) < 4.78 is 5.86. The zero-order valence-corrected chi connectivity index (χ0v) is 19.7. The second-order valence-corrected chi connectivity index (χ2v) is 8.31. The lowest BCUT2D eigenvalue weighted by Gasteiger charge is -2.10. The third-order valence-electron chi connectivity index (χ3n) is 4.63. The van der Waals surface area contributed by atoms with E-state index >= 15 is 0 Å². The van der Waals surface area contributed by atoms with Crippen LogP contribution in [0.25, 0.3) is 0 Å². The summed E-state index contributed by atoms with van der Waals surface area (Å²) in [7, 11) is 0. The predicted octanol–water partition coefficient (Wildman–Crippen LogP) is 5.67. The van der Waals surface area contributed by atoms with E-state index < -0.39 is 11.8 Å². The first kappa shape index (κ1) is 24.3. The predicted molar refractivity (Wildman–Crippen MR) is 132 cm³/mol. The highest BCUT2D eigenvalue weighted by molar-refractivity contribution is 6.31. The molecule has 0 spiro atoms. The molecule has 8 heteroatoms. The Morgan fingerprint density at radius 3 is 2.52 bits per heavy atom. The maximum Gasteiger partial charge on any atom is 0.249 e. The Hall–Kier alpha value is -3.35. The summed E-state index contributed by atoms with van der Waals surface area (Å²) in [6, 6.07) is 18.1. The number of halogens is 2. The van der Waals surface area contributed by atoms with Crippen LogP contribution in [0.5, 0.6) is 5.75 Å². The van der Waals surface area contributed by atoms with Crippen LogP contribution in [0.3, 0.4) is 0 Å². The number of nitrogens with zero attached hydrogens (tertiary/aromatic N) is 1. The summed E-state index contributed by atoms with van der Waals surface area (Å²) in [5.74, 6) is -0.440. The highest BCUT2D eigenvalue weighted by atomic mass is 35.5. The summed E-state index contributed by atoms with van der Waals surface area (Å²) in [6.07, 6.45) is 1.05. The molecule has 3 rings (SSSR count). The Balaban J connectivity index is 1.57. The molecule has 0 aromatic heterocycles. The summed E-state index contributed by atoms with van der Waals surface area (Å²) in [5.41, 5.74) is 6.52. The Morgan fingerprint density at radius 1 is 0.970 bits per heavy atom. The number of rotatable bonds is 8. The minimum absolute atomic E-state index is 0.300. The van der Waals surface area contributed by atoms with E-state index in [9.17, 15) is 9.59 Å². The van der Waals surface area contributed by atoms with E-state index in [1.807, 2.05) is 50.2 Å². The fourth-order valence-electron chi connectivity index (χ4n) is 3.05. The van der Waals surface area contributed by atoms with Crippen LogP contribution in [0.15, 0.2) is 65.8 Å². The van der Waals surface area contributed by atoms with Gasteiger partial charge in [0.15, 0.2) is 0 Å². The molecule has 0 fully saturated rings. The molecule has 170 valence electrons. The van der Waals surface area contributed by atoms with Gasteiger partial charge >= 0.3 is 0 Å². The molecule has 2 amide bonds. The number of amides is 2. The van der Waals surface area contributed by atoms with E-state index in [1.54, 1.807) is 24.3 Å². The maximum atomic E-state index is 12.2. The number of nitrogens with one attached hydrogen (secondary N) is 2. The van der Waals surface area contributed by atoms with Crippen molar-refractivity contribution in [3.8, 4) is 5.75 Å². The van der Waals surface area contributed by atoms with Crippen LogP contribution >= 0.6 is 23.2 Å². The first-order valence-corrected chi connectivity index (χ1v) is 10.9. The number of benzene rings is 3. The molecule has 0 atom stereocenters. The van der Waals surface area contributed by atoms with Gasteiger partial charge in [0.25, 0.3) is 0 Å². The summed E-state index contributed by atoms with van der Waals surface area (Å²) in [6.45, 7) is 4.16. The van der Waals surface area contributed by atoms with Crippen molar-refractivity contribution in [3.05, 3.63) is 93.0 Å². The third-order valence-corrected chi connectivity index (χ3v) is 5.10. The molecular formula is C25H23Cl2N3O3. The molecule has 0 heterocycles. The first-order valence-electron chi connectivity index (χ1n) is 10.2. The third kappa shape index (κ3) is 7.63. The van der Waals surface area contributed by atoms with Gasteiger partial charge < -0.3 is 10.1 Å². The topological polar surface area (TPSA) is 79.8 Å². The number of hydrazone groups is 1. The minimum atomic E-state index is -0.545. The molecular weight excluding hydrogens is 461 g/mol. The van der Waals surface area contributed by atoms with Gasteiger partial charge in [0.05, 0.1) is 6.21 Å². The van der Waals surface area contributed by atoms with Gasteiger partial charge in [0.2, 0.25) is 11.8 Å². The van der Waals surface area contributed by atoms with Crippen molar-refractivity contribution in [3.63, 3.8) is 0 Å². The van der Waals surface area contributed by atoms with Gasteiger partial charge in [0.1, 0.15) is 18.8 Å². The number of anilines is 1. The number of carbonyl (C=O) groups excluding carboxylic acids is 2. The summed E-state index contributed by atoms with van der Waals surface area (Å²) in [4.78, 5) is 24.3. The highest BCUT2D eigenvalue weighted by Crippen LogP contribution is 2.23. The molecule has 0 aliphatic rings.